The number of pyridine rings is 1. The molecule has 0 aliphatic rings. The lowest BCUT2D eigenvalue weighted by Crippen LogP contribution is -2.12. The molecule has 130 valence electrons. The topological polar surface area (TPSA) is 83.6 Å². The first-order valence-electron chi connectivity index (χ1n) is 8.40. The Balaban J connectivity index is 1.56. The molecule has 6 heteroatoms. The molecule has 1 amide bonds. The van der Waals surface area contributed by atoms with Gasteiger partial charge in [-0.1, -0.05) is 36.4 Å². The molecule has 0 unspecified atom stereocenters. The normalized spacial score (nSPS) is 10.5. The van der Waals surface area contributed by atoms with E-state index in [4.69, 9.17) is 5.26 Å². The lowest BCUT2D eigenvalue weighted by Gasteiger charge is -2.06. The molecule has 0 atom stereocenters. The van der Waals surface area contributed by atoms with E-state index in [1.807, 2.05) is 35.0 Å². The summed E-state index contributed by atoms with van der Waals surface area (Å²) in [5, 5.41) is 16.9. The lowest BCUT2D eigenvalue weighted by atomic mass is 10.2. The Kier molecular flexibility index (Phi) is 4.33. The Hall–Kier alpha value is -3.98. The summed E-state index contributed by atoms with van der Waals surface area (Å²) in [6.07, 6.45) is 3.24. The smallest absolute Gasteiger partial charge is 0.257 e. The highest BCUT2D eigenvalue weighted by atomic mass is 16.1. The molecule has 0 aliphatic carbocycles. The second-order valence-electron chi connectivity index (χ2n) is 6.07. The first-order valence-corrected chi connectivity index (χ1v) is 8.40. The van der Waals surface area contributed by atoms with Gasteiger partial charge in [-0.3, -0.25) is 4.79 Å². The third kappa shape index (κ3) is 3.53. The van der Waals surface area contributed by atoms with E-state index >= 15 is 0 Å². The number of amides is 1. The summed E-state index contributed by atoms with van der Waals surface area (Å²) in [4.78, 5) is 16.9. The van der Waals surface area contributed by atoms with Crippen LogP contribution < -0.4 is 5.32 Å². The van der Waals surface area contributed by atoms with Gasteiger partial charge in [0, 0.05) is 17.3 Å². The minimum absolute atomic E-state index is 0.282. The molecule has 0 bridgehead atoms. The maximum absolute atomic E-state index is 12.5. The first kappa shape index (κ1) is 16.5. The molecule has 4 aromatic rings. The van der Waals surface area contributed by atoms with Crippen LogP contribution in [0.15, 0.2) is 73.1 Å². The summed E-state index contributed by atoms with van der Waals surface area (Å²) in [6.45, 7) is 0.615. The summed E-state index contributed by atoms with van der Waals surface area (Å²) in [5.74, 6) is -0.282. The van der Waals surface area contributed by atoms with Crippen molar-refractivity contribution in [2.24, 2.45) is 0 Å². The molecule has 0 fully saturated rings. The fourth-order valence-electron chi connectivity index (χ4n) is 2.84. The minimum Gasteiger partial charge on any atom is -0.322 e. The van der Waals surface area contributed by atoms with Gasteiger partial charge in [0.2, 0.25) is 0 Å². The SMILES string of the molecule is N#Cc1cccc(NC(=O)c2cnc3c(cnn3Cc3ccccc3)c2)c1. The Morgan fingerprint density at radius 1 is 1.07 bits per heavy atom. The van der Waals surface area contributed by atoms with Gasteiger partial charge in [0.25, 0.3) is 5.91 Å². The van der Waals surface area contributed by atoms with E-state index in [1.165, 1.54) is 6.20 Å². The second kappa shape index (κ2) is 7.10. The van der Waals surface area contributed by atoms with E-state index in [-0.39, 0.29) is 5.91 Å². The number of hydrogen-bond acceptors (Lipinski definition) is 4. The third-order valence-corrected chi connectivity index (χ3v) is 4.16. The molecule has 4 rings (SSSR count). The van der Waals surface area contributed by atoms with Crippen molar-refractivity contribution in [3.05, 3.63) is 89.7 Å². The highest BCUT2D eigenvalue weighted by Gasteiger charge is 2.11. The zero-order valence-corrected chi connectivity index (χ0v) is 14.3. The number of rotatable bonds is 4. The highest BCUT2D eigenvalue weighted by molar-refractivity contribution is 6.05. The molecular weight excluding hydrogens is 338 g/mol. The van der Waals surface area contributed by atoms with E-state index in [9.17, 15) is 4.79 Å². The predicted molar refractivity (Wildman–Crippen MR) is 102 cm³/mol. The fourth-order valence-corrected chi connectivity index (χ4v) is 2.84. The average molecular weight is 353 g/mol. The van der Waals surface area contributed by atoms with Crippen LogP contribution in [0.5, 0.6) is 0 Å². The number of anilines is 1. The van der Waals surface area contributed by atoms with Crippen LogP contribution in [0, 0.1) is 11.3 Å². The van der Waals surface area contributed by atoms with Crippen LogP contribution in [0.3, 0.4) is 0 Å². The standard InChI is InChI=1S/C21H15N5O/c22-11-16-7-4-8-19(9-16)25-21(27)18-10-17-13-24-26(20(17)23-12-18)14-15-5-2-1-3-6-15/h1-10,12-13H,14H2,(H,25,27). The van der Waals surface area contributed by atoms with Gasteiger partial charge in [-0.25, -0.2) is 9.67 Å². The number of carbonyl (C=O) groups excluding carboxylic acids is 1. The number of carbonyl (C=O) groups is 1. The molecule has 27 heavy (non-hydrogen) atoms. The molecule has 2 heterocycles. The molecule has 0 radical (unpaired) electrons. The van der Waals surface area contributed by atoms with Crippen LogP contribution in [-0.2, 0) is 6.54 Å². The number of hydrogen-bond donors (Lipinski definition) is 1. The van der Waals surface area contributed by atoms with Crippen LogP contribution in [0.4, 0.5) is 5.69 Å². The zero-order chi connectivity index (χ0) is 18.6. The number of benzene rings is 2. The maximum atomic E-state index is 12.5. The van der Waals surface area contributed by atoms with Crippen LogP contribution in [0.25, 0.3) is 11.0 Å². The minimum atomic E-state index is -0.282. The lowest BCUT2D eigenvalue weighted by molar-refractivity contribution is 0.102. The summed E-state index contributed by atoms with van der Waals surface area (Å²) in [5.41, 5.74) is 3.34. The summed E-state index contributed by atoms with van der Waals surface area (Å²) >= 11 is 0. The van der Waals surface area contributed by atoms with Gasteiger partial charge >= 0.3 is 0 Å². The summed E-state index contributed by atoms with van der Waals surface area (Å²) in [6, 6.07) is 20.6. The van der Waals surface area contributed by atoms with Crippen molar-refractivity contribution in [3.63, 3.8) is 0 Å². The van der Waals surface area contributed by atoms with Crippen molar-refractivity contribution in [2.75, 3.05) is 5.32 Å². The molecule has 6 nitrogen and oxygen atoms in total. The van der Waals surface area contributed by atoms with Crippen LogP contribution in [0.2, 0.25) is 0 Å². The van der Waals surface area contributed by atoms with Crippen molar-refractivity contribution in [3.8, 4) is 6.07 Å². The highest BCUT2D eigenvalue weighted by Crippen LogP contribution is 2.16. The number of fused-ring (bicyclic) bond motifs is 1. The molecule has 1 N–H and O–H groups in total. The van der Waals surface area contributed by atoms with E-state index in [2.05, 4.69) is 21.5 Å². The van der Waals surface area contributed by atoms with E-state index < -0.39 is 0 Å². The summed E-state index contributed by atoms with van der Waals surface area (Å²) < 4.78 is 1.81. The number of nitrogens with one attached hydrogen (secondary N) is 1. The van der Waals surface area contributed by atoms with Gasteiger partial charge in [-0.05, 0) is 29.8 Å². The predicted octanol–water partition coefficient (Wildman–Crippen LogP) is 3.60. The molecule has 0 aliphatic heterocycles. The average Bonchev–Trinajstić information content (AvgIpc) is 3.11. The first-order chi connectivity index (χ1) is 13.2. The Bertz CT molecular complexity index is 1160. The largest absolute Gasteiger partial charge is 0.322 e. The number of nitrogens with zero attached hydrogens (tertiary/aromatic N) is 4. The van der Waals surface area contributed by atoms with E-state index in [0.717, 1.165) is 16.6 Å². The zero-order valence-electron chi connectivity index (χ0n) is 14.3. The van der Waals surface area contributed by atoms with Crippen molar-refractivity contribution in [1.82, 2.24) is 14.8 Å². The molecule has 0 saturated heterocycles. The quantitative estimate of drug-likeness (QED) is 0.607. The maximum Gasteiger partial charge on any atom is 0.257 e. The fraction of sp³-hybridized carbons (Fsp3) is 0.0476. The number of nitriles is 1. The van der Waals surface area contributed by atoms with Crippen molar-refractivity contribution >= 4 is 22.6 Å². The number of aromatic nitrogens is 3. The van der Waals surface area contributed by atoms with Gasteiger partial charge in [0.05, 0.1) is 29.9 Å². The van der Waals surface area contributed by atoms with Gasteiger partial charge in [-0.2, -0.15) is 10.4 Å². The molecule has 2 aromatic carbocycles. The second-order valence-corrected chi connectivity index (χ2v) is 6.07. The van der Waals surface area contributed by atoms with Gasteiger partial charge in [0.15, 0.2) is 5.65 Å². The summed E-state index contributed by atoms with van der Waals surface area (Å²) in [7, 11) is 0. The van der Waals surface area contributed by atoms with Crippen LogP contribution in [0.1, 0.15) is 21.5 Å². The Labute approximate surface area is 155 Å². The van der Waals surface area contributed by atoms with Gasteiger partial charge < -0.3 is 5.32 Å². The monoisotopic (exact) mass is 353 g/mol. The van der Waals surface area contributed by atoms with Crippen molar-refractivity contribution < 1.29 is 4.79 Å². The van der Waals surface area contributed by atoms with Gasteiger partial charge in [-0.15, -0.1) is 0 Å². The van der Waals surface area contributed by atoms with E-state index in [1.54, 1.807) is 36.5 Å². The van der Waals surface area contributed by atoms with Gasteiger partial charge in [0.1, 0.15) is 0 Å². The molecule has 0 spiro atoms. The third-order valence-electron chi connectivity index (χ3n) is 4.16. The van der Waals surface area contributed by atoms with Crippen molar-refractivity contribution in [1.29, 1.82) is 5.26 Å². The Morgan fingerprint density at radius 2 is 1.93 bits per heavy atom. The molecular formula is C21H15N5O. The van der Waals surface area contributed by atoms with E-state index in [0.29, 0.717) is 23.4 Å². The molecule has 2 aromatic heterocycles. The van der Waals surface area contributed by atoms with Crippen LogP contribution in [-0.4, -0.2) is 20.7 Å². The van der Waals surface area contributed by atoms with Crippen LogP contribution >= 0.6 is 0 Å². The Morgan fingerprint density at radius 3 is 2.74 bits per heavy atom. The van der Waals surface area contributed by atoms with Crippen molar-refractivity contribution in [2.45, 2.75) is 6.54 Å². The molecule has 0 saturated carbocycles.